The van der Waals surface area contributed by atoms with Gasteiger partial charge >= 0.3 is 0 Å². The van der Waals surface area contributed by atoms with E-state index in [1.807, 2.05) is 12.1 Å². The van der Waals surface area contributed by atoms with Crippen molar-refractivity contribution in [3.8, 4) is 34.6 Å². The summed E-state index contributed by atoms with van der Waals surface area (Å²) >= 11 is 0. The third-order valence-electron chi connectivity index (χ3n) is 9.09. The summed E-state index contributed by atoms with van der Waals surface area (Å²) in [7, 11) is 0. The number of fused-ring (bicyclic) bond motifs is 6. The maximum absolute atomic E-state index is 10.4. The maximum atomic E-state index is 10.4. The predicted molar refractivity (Wildman–Crippen MR) is 189 cm³/mol. The molecule has 8 aromatic rings. The molecule has 0 aliphatic carbocycles. The fourth-order valence-electron chi connectivity index (χ4n) is 7.26. The van der Waals surface area contributed by atoms with Crippen molar-refractivity contribution in [3.05, 3.63) is 144 Å². The van der Waals surface area contributed by atoms with Crippen LogP contribution in [0.3, 0.4) is 0 Å². The first-order valence-electron chi connectivity index (χ1n) is 15.5. The van der Waals surface area contributed by atoms with Crippen molar-refractivity contribution in [2.24, 2.45) is 0 Å². The van der Waals surface area contributed by atoms with Crippen LogP contribution >= 0.6 is 0 Å². The maximum Gasteiger partial charge on any atom is 0.101 e. The fraction of sp³-hybridized carbons (Fsp3) is 0.0952. The summed E-state index contributed by atoms with van der Waals surface area (Å²) in [5.74, 6) is 0. The molecular formula is C42H30N4. The molecule has 6 aromatic carbocycles. The number of hydrogen-bond donors (Lipinski definition) is 0. The minimum Gasteiger partial charge on any atom is -0.309 e. The third kappa shape index (κ3) is 3.98. The summed E-state index contributed by atoms with van der Waals surface area (Å²) in [6.45, 7) is 6.32. The first kappa shape index (κ1) is 27.4. The van der Waals surface area contributed by atoms with E-state index in [4.69, 9.17) is 0 Å². The smallest absolute Gasteiger partial charge is 0.101 e. The lowest BCUT2D eigenvalue weighted by molar-refractivity contribution is 0.585. The normalized spacial score (nSPS) is 11.8. The Kier molecular flexibility index (Phi) is 6.11. The molecule has 8 rings (SSSR count). The Morgan fingerprint density at radius 2 is 1.13 bits per heavy atom. The minimum absolute atomic E-state index is 0.374. The second-order valence-electron chi connectivity index (χ2n) is 12.8. The second kappa shape index (κ2) is 10.2. The lowest BCUT2D eigenvalue weighted by atomic mass is 9.81. The topological polar surface area (TPSA) is 57.4 Å². The first-order valence-corrected chi connectivity index (χ1v) is 15.5. The molecule has 0 unspecified atom stereocenters. The van der Waals surface area contributed by atoms with Gasteiger partial charge in [-0.1, -0.05) is 93.6 Å². The number of benzene rings is 6. The highest BCUT2D eigenvalue weighted by molar-refractivity contribution is 6.17. The first-order chi connectivity index (χ1) is 22.4. The summed E-state index contributed by atoms with van der Waals surface area (Å²) in [5, 5.41) is 25.2. The molecule has 0 spiro atoms. The average Bonchev–Trinajstić information content (AvgIpc) is 3.60. The van der Waals surface area contributed by atoms with E-state index in [9.17, 15) is 10.5 Å². The van der Waals surface area contributed by atoms with Crippen molar-refractivity contribution in [3.63, 3.8) is 0 Å². The van der Waals surface area contributed by atoms with Crippen molar-refractivity contribution < 1.29 is 0 Å². The van der Waals surface area contributed by atoms with Crippen molar-refractivity contribution in [2.75, 3.05) is 0 Å². The van der Waals surface area contributed by atoms with Gasteiger partial charge in [0, 0.05) is 32.8 Å². The second-order valence-corrected chi connectivity index (χ2v) is 12.8. The summed E-state index contributed by atoms with van der Waals surface area (Å²) in [5.41, 5.74) is 10.1. The van der Waals surface area contributed by atoms with Crippen LogP contribution < -0.4 is 0 Å². The van der Waals surface area contributed by atoms with Gasteiger partial charge in [0.25, 0.3) is 0 Å². The SMILES string of the molecule is CC(C)(C)c1c(C#N)ccc(C#N)c1-n1c2ccccc2c2c(-c3ccc4c(c3)c3ccccc3n4-c3ccccc3)cccc21. The molecule has 2 aromatic heterocycles. The van der Waals surface area contributed by atoms with Crippen LogP contribution in [-0.2, 0) is 5.41 Å². The molecule has 0 radical (unpaired) electrons. The quantitative estimate of drug-likeness (QED) is 0.205. The molecule has 0 N–H and O–H groups in total. The molecule has 0 aliphatic heterocycles. The van der Waals surface area contributed by atoms with Crippen LogP contribution in [0, 0.1) is 22.7 Å². The molecule has 4 nitrogen and oxygen atoms in total. The summed E-state index contributed by atoms with van der Waals surface area (Å²) < 4.78 is 4.54. The Hall–Kier alpha value is -6.10. The molecule has 0 saturated carbocycles. The van der Waals surface area contributed by atoms with Crippen molar-refractivity contribution >= 4 is 43.6 Å². The van der Waals surface area contributed by atoms with E-state index in [2.05, 4.69) is 145 Å². The Morgan fingerprint density at radius 3 is 1.85 bits per heavy atom. The highest BCUT2D eigenvalue weighted by atomic mass is 15.0. The largest absolute Gasteiger partial charge is 0.309 e. The van der Waals surface area contributed by atoms with Crippen LogP contribution in [0.5, 0.6) is 0 Å². The number of nitrogens with zero attached hydrogens (tertiary/aromatic N) is 4. The number of aromatic nitrogens is 2. The van der Waals surface area contributed by atoms with Crippen LogP contribution in [0.4, 0.5) is 0 Å². The molecule has 2 heterocycles. The van der Waals surface area contributed by atoms with E-state index in [0.717, 1.165) is 55.4 Å². The molecule has 0 atom stereocenters. The zero-order valence-corrected chi connectivity index (χ0v) is 25.9. The third-order valence-corrected chi connectivity index (χ3v) is 9.09. The Labute approximate surface area is 267 Å². The van der Waals surface area contributed by atoms with Crippen LogP contribution in [0.25, 0.3) is 66.1 Å². The lowest BCUT2D eigenvalue weighted by Crippen LogP contribution is -2.18. The number of rotatable bonds is 3. The monoisotopic (exact) mass is 590 g/mol. The van der Waals surface area contributed by atoms with Crippen molar-refractivity contribution in [1.82, 2.24) is 9.13 Å². The summed E-state index contributed by atoms with van der Waals surface area (Å²) in [6, 6.07) is 49.1. The van der Waals surface area contributed by atoms with Crippen LogP contribution in [0.15, 0.2) is 127 Å². The number of nitriles is 2. The Morgan fingerprint density at radius 1 is 0.522 bits per heavy atom. The summed E-state index contributed by atoms with van der Waals surface area (Å²) in [6.07, 6.45) is 0. The van der Waals surface area contributed by atoms with E-state index >= 15 is 0 Å². The van der Waals surface area contributed by atoms with Crippen LogP contribution in [-0.4, -0.2) is 9.13 Å². The number of para-hydroxylation sites is 3. The highest BCUT2D eigenvalue weighted by Gasteiger charge is 2.28. The molecular weight excluding hydrogens is 560 g/mol. The van der Waals surface area contributed by atoms with Crippen molar-refractivity contribution in [2.45, 2.75) is 26.2 Å². The van der Waals surface area contributed by atoms with Crippen molar-refractivity contribution in [1.29, 1.82) is 10.5 Å². The van der Waals surface area contributed by atoms with E-state index in [-0.39, 0.29) is 5.41 Å². The molecule has 0 saturated heterocycles. The molecule has 0 amide bonds. The molecule has 0 bridgehead atoms. The van der Waals surface area contributed by atoms with Gasteiger partial charge in [-0.05, 0) is 71.1 Å². The van der Waals surface area contributed by atoms with E-state index in [1.54, 1.807) is 12.1 Å². The van der Waals surface area contributed by atoms with Crippen LogP contribution in [0.2, 0.25) is 0 Å². The zero-order chi connectivity index (χ0) is 31.6. The average molecular weight is 591 g/mol. The molecule has 0 fully saturated rings. The van der Waals surface area contributed by atoms with Crippen LogP contribution in [0.1, 0.15) is 37.5 Å². The Bertz CT molecular complexity index is 2580. The van der Waals surface area contributed by atoms with Gasteiger partial charge in [0.2, 0.25) is 0 Å². The lowest BCUT2D eigenvalue weighted by Gasteiger charge is -2.26. The molecule has 4 heteroatoms. The Balaban J connectivity index is 1.46. The molecule has 46 heavy (non-hydrogen) atoms. The van der Waals surface area contributed by atoms with E-state index < -0.39 is 0 Å². The summed E-state index contributed by atoms with van der Waals surface area (Å²) in [4.78, 5) is 0. The number of hydrogen-bond acceptors (Lipinski definition) is 2. The minimum atomic E-state index is -0.374. The van der Waals surface area contributed by atoms with E-state index in [1.165, 1.54) is 16.3 Å². The van der Waals surface area contributed by atoms with Gasteiger partial charge in [-0.3, -0.25) is 0 Å². The zero-order valence-electron chi connectivity index (χ0n) is 25.9. The van der Waals surface area contributed by atoms with Gasteiger partial charge in [-0.15, -0.1) is 0 Å². The molecule has 218 valence electrons. The highest BCUT2D eigenvalue weighted by Crippen LogP contribution is 2.43. The predicted octanol–water partition coefficient (Wildman–Crippen LogP) is 10.6. The van der Waals surface area contributed by atoms with E-state index in [0.29, 0.717) is 11.1 Å². The van der Waals surface area contributed by atoms with Gasteiger partial charge in [-0.2, -0.15) is 10.5 Å². The standard InChI is InChI=1S/C42H30N4/c1-42(2,3)40-28(25-43)20-21-29(26-44)41(40)46-36-18-10-8-15-33(36)39-31(16-11-19-38(39)46)27-22-23-37-34(24-27)32-14-7-9-17-35(32)45(37)30-12-5-4-6-13-30/h4-24H,1-3H3. The van der Waals surface area contributed by atoms with Gasteiger partial charge in [0.1, 0.15) is 6.07 Å². The van der Waals surface area contributed by atoms with Gasteiger partial charge < -0.3 is 9.13 Å². The van der Waals surface area contributed by atoms with Gasteiger partial charge in [-0.25, -0.2) is 0 Å². The fourth-order valence-corrected chi connectivity index (χ4v) is 7.26. The van der Waals surface area contributed by atoms with Gasteiger partial charge in [0.05, 0.1) is 45.0 Å². The molecule has 0 aliphatic rings. The van der Waals surface area contributed by atoms with Gasteiger partial charge in [0.15, 0.2) is 0 Å².